The Morgan fingerprint density at radius 2 is 2.31 bits per heavy atom. The average Bonchev–Trinajstić information content (AvgIpc) is 2.30. The molecule has 1 N–H and O–H groups in total. The summed E-state index contributed by atoms with van der Waals surface area (Å²) < 4.78 is 5.38. The maximum atomic E-state index is 12.1. The molecule has 0 aromatic heterocycles. The van der Waals surface area contributed by atoms with Crippen molar-refractivity contribution in [3.05, 3.63) is 0 Å². The molecule has 1 aliphatic heterocycles. The summed E-state index contributed by atoms with van der Waals surface area (Å²) in [4.78, 5) is 12.1. The zero-order valence-corrected chi connectivity index (χ0v) is 10.2. The highest BCUT2D eigenvalue weighted by Gasteiger charge is 2.27. The summed E-state index contributed by atoms with van der Waals surface area (Å²) >= 11 is 0. The van der Waals surface area contributed by atoms with Crippen LogP contribution in [0.5, 0.6) is 0 Å². The van der Waals surface area contributed by atoms with E-state index in [1.807, 2.05) is 0 Å². The molecule has 0 bridgehead atoms. The number of Topliss-reactive ketones (excluding diaryl/α,β-unsaturated/α-hetero) is 1. The Labute approximate surface area is 97.9 Å². The molecule has 3 atom stereocenters. The lowest BCUT2D eigenvalue weighted by Crippen LogP contribution is -2.43. The molecule has 0 amide bonds. The molecule has 0 spiro atoms. The van der Waals surface area contributed by atoms with Crippen molar-refractivity contribution in [3.63, 3.8) is 0 Å². The molecule has 92 valence electrons. The number of carbonyl (C=O) groups excluding carboxylic acids is 1. The molecule has 3 heteroatoms. The zero-order chi connectivity index (χ0) is 11.4. The van der Waals surface area contributed by atoms with Gasteiger partial charge in [-0.15, -0.1) is 0 Å². The molecule has 1 heterocycles. The molecule has 1 saturated heterocycles. The van der Waals surface area contributed by atoms with Crippen LogP contribution >= 0.6 is 0 Å². The van der Waals surface area contributed by atoms with E-state index in [-0.39, 0.29) is 6.04 Å². The van der Waals surface area contributed by atoms with E-state index < -0.39 is 0 Å². The van der Waals surface area contributed by atoms with Gasteiger partial charge in [0.1, 0.15) is 5.78 Å². The van der Waals surface area contributed by atoms with E-state index in [9.17, 15) is 4.79 Å². The average molecular weight is 225 g/mol. The van der Waals surface area contributed by atoms with Crippen molar-refractivity contribution in [2.75, 3.05) is 19.8 Å². The van der Waals surface area contributed by atoms with Crippen molar-refractivity contribution >= 4 is 5.78 Å². The highest BCUT2D eigenvalue weighted by molar-refractivity contribution is 5.81. The minimum Gasteiger partial charge on any atom is -0.379 e. The number of carbonyl (C=O) groups is 1. The minimum absolute atomic E-state index is 0.262. The fourth-order valence-corrected chi connectivity index (χ4v) is 2.89. The summed E-state index contributed by atoms with van der Waals surface area (Å²) in [6, 6.07) is 0.262. The monoisotopic (exact) mass is 225 g/mol. The first-order valence-electron chi connectivity index (χ1n) is 6.59. The lowest BCUT2D eigenvalue weighted by atomic mass is 9.79. The van der Waals surface area contributed by atoms with Crippen molar-refractivity contribution in [1.82, 2.24) is 5.32 Å². The van der Waals surface area contributed by atoms with Gasteiger partial charge < -0.3 is 10.1 Å². The van der Waals surface area contributed by atoms with Gasteiger partial charge in [-0.25, -0.2) is 0 Å². The summed E-state index contributed by atoms with van der Waals surface area (Å²) in [5, 5.41) is 3.35. The van der Waals surface area contributed by atoms with Gasteiger partial charge in [0.15, 0.2) is 0 Å². The van der Waals surface area contributed by atoms with Gasteiger partial charge in [0, 0.05) is 24.9 Å². The third-order valence-corrected chi connectivity index (χ3v) is 3.84. The lowest BCUT2D eigenvalue weighted by Gasteiger charge is -2.28. The summed E-state index contributed by atoms with van der Waals surface area (Å²) in [5.74, 6) is 1.51. The largest absolute Gasteiger partial charge is 0.379 e. The number of morpholine rings is 1. The summed E-state index contributed by atoms with van der Waals surface area (Å²) in [6.07, 6.45) is 5.40. The summed E-state index contributed by atoms with van der Waals surface area (Å²) in [7, 11) is 0. The van der Waals surface area contributed by atoms with Gasteiger partial charge in [0.2, 0.25) is 0 Å². The van der Waals surface area contributed by atoms with Crippen LogP contribution in [-0.4, -0.2) is 31.6 Å². The molecule has 0 aromatic rings. The molecule has 16 heavy (non-hydrogen) atoms. The van der Waals surface area contributed by atoms with Crippen LogP contribution in [0, 0.1) is 11.8 Å². The molecule has 2 fully saturated rings. The van der Waals surface area contributed by atoms with Gasteiger partial charge in [-0.2, -0.15) is 0 Å². The Bertz CT molecular complexity index is 236. The van der Waals surface area contributed by atoms with Gasteiger partial charge in [-0.1, -0.05) is 19.8 Å². The van der Waals surface area contributed by atoms with Crippen LogP contribution in [0.1, 0.15) is 39.0 Å². The van der Waals surface area contributed by atoms with E-state index in [1.165, 1.54) is 12.8 Å². The molecule has 3 nitrogen and oxygen atoms in total. The van der Waals surface area contributed by atoms with E-state index in [0.717, 1.165) is 31.9 Å². The molecule has 1 aliphatic carbocycles. The number of rotatable bonds is 3. The number of nitrogens with one attached hydrogen (secondary N) is 1. The first-order valence-corrected chi connectivity index (χ1v) is 6.59. The predicted molar refractivity (Wildman–Crippen MR) is 63.4 cm³/mol. The predicted octanol–water partition coefficient (Wildman–Crippen LogP) is 1.76. The quantitative estimate of drug-likeness (QED) is 0.795. The molecular formula is C13H23NO2. The highest BCUT2D eigenvalue weighted by atomic mass is 16.5. The topological polar surface area (TPSA) is 38.3 Å². The van der Waals surface area contributed by atoms with E-state index in [0.29, 0.717) is 24.7 Å². The van der Waals surface area contributed by atoms with Crippen LogP contribution in [0.4, 0.5) is 0 Å². The molecule has 0 aromatic carbocycles. The fraction of sp³-hybridized carbons (Fsp3) is 0.923. The van der Waals surface area contributed by atoms with Crippen molar-refractivity contribution in [2.45, 2.75) is 45.1 Å². The molecule has 2 rings (SSSR count). The van der Waals surface area contributed by atoms with Crippen LogP contribution in [0.25, 0.3) is 0 Å². The van der Waals surface area contributed by atoms with Gasteiger partial charge in [-0.05, 0) is 18.8 Å². The van der Waals surface area contributed by atoms with E-state index in [1.54, 1.807) is 0 Å². The Morgan fingerprint density at radius 1 is 1.44 bits per heavy atom. The maximum absolute atomic E-state index is 12.1. The molecular weight excluding hydrogens is 202 g/mol. The number of hydrogen-bond donors (Lipinski definition) is 1. The third-order valence-electron chi connectivity index (χ3n) is 3.84. The molecule has 0 radical (unpaired) electrons. The van der Waals surface area contributed by atoms with E-state index >= 15 is 0 Å². The Hall–Kier alpha value is -0.410. The second-order valence-corrected chi connectivity index (χ2v) is 5.37. The van der Waals surface area contributed by atoms with Crippen LogP contribution in [0.3, 0.4) is 0 Å². The first kappa shape index (κ1) is 12.1. The van der Waals surface area contributed by atoms with Crippen LogP contribution in [-0.2, 0) is 9.53 Å². The smallest absolute Gasteiger partial charge is 0.137 e. The normalized spacial score (nSPS) is 35.9. The van der Waals surface area contributed by atoms with Crippen molar-refractivity contribution in [3.8, 4) is 0 Å². The van der Waals surface area contributed by atoms with Crippen LogP contribution in [0.15, 0.2) is 0 Å². The number of hydrogen-bond acceptors (Lipinski definition) is 3. The standard InChI is InChI=1S/C13H23NO2/c1-10-3-2-4-11(7-10)13(15)8-12-9-16-6-5-14-12/h10-12,14H,2-9H2,1H3. The lowest BCUT2D eigenvalue weighted by molar-refractivity contribution is -0.125. The zero-order valence-electron chi connectivity index (χ0n) is 10.2. The minimum atomic E-state index is 0.262. The van der Waals surface area contributed by atoms with Gasteiger partial charge in [0.05, 0.1) is 13.2 Å². The van der Waals surface area contributed by atoms with Crippen molar-refractivity contribution in [2.24, 2.45) is 11.8 Å². The Kier molecular flexibility index (Phi) is 4.36. The second kappa shape index (κ2) is 5.78. The van der Waals surface area contributed by atoms with Gasteiger partial charge >= 0.3 is 0 Å². The maximum Gasteiger partial charge on any atom is 0.137 e. The van der Waals surface area contributed by atoms with Gasteiger partial charge in [-0.3, -0.25) is 4.79 Å². The Balaban J connectivity index is 1.77. The van der Waals surface area contributed by atoms with E-state index in [2.05, 4.69) is 12.2 Å². The summed E-state index contributed by atoms with van der Waals surface area (Å²) in [6.45, 7) is 4.64. The second-order valence-electron chi connectivity index (χ2n) is 5.37. The molecule has 2 aliphatic rings. The fourth-order valence-electron chi connectivity index (χ4n) is 2.89. The SMILES string of the molecule is CC1CCCC(C(=O)CC2COCCN2)C1. The van der Waals surface area contributed by atoms with Gasteiger partial charge in [0.25, 0.3) is 0 Å². The summed E-state index contributed by atoms with van der Waals surface area (Å²) in [5.41, 5.74) is 0. The third kappa shape index (κ3) is 3.29. The van der Waals surface area contributed by atoms with Crippen LogP contribution < -0.4 is 5.32 Å². The van der Waals surface area contributed by atoms with Crippen molar-refractivity contribution in [1.29, 1.82) is 0 Å². The number of ketones is 1. The molecule has 3 unspecified atom stereocenters. The van der Waals surface area contributed by atoms with E-state index in [4.69, 9.17) is 4.74 Å². The highest BCUT2D eigenvalue weighted by Crippen LogP contribution is 2.30. The Morgan fingerprint density at radius 3 is 3.00 bits per heavy atom. The first-order chi connectivity index (χ1) is 7.75. The molecule has 1 saturated carbocycles. The van der Waals surface area contributed by atoms with Crippen molar-refractivity contribution < 1.29 is 9.53 Å². The van der Waals surface area contributed by atoms with Crippen LogP contribution in [0.2, 0.25) is 0 Å². The number of ether oxygens (including phenoxy) is 1.